The topological polar surface area (TPSA) is 97.0 Å². The summed E-state index contributed by atoms with van der Waals surface area (Å²) in [7, 11) is 0. The lowest BCUT2D eigenvalue weighted by Crippen LogP contribution is -2.14. The second-order valence-corrected chi connectivity index (χ2v) is 8.99. The van der Waals surface area contributed by atoms with Crippen LogP contribution in [-0.4, -0.2) is 21.4 Å². The molecule has 0 spiro atoms. The number of hydrogen-bond acceptors (Lipinski definition) is 6. The molecule has 0 aliphatic carbocycles. The number of nitrogens with zero attached hydrogens (tertiary/aromatic N) is 3. The molecule has 0 saturated carbocycles. The van der Waals surface area contributed by atoms with E-state index >= 15 is 0 Å². The van der Waals surface area contributed by atoms with Crippen LogP contribution in [0.5, 0.6) is 0 Å². The monoisotopic (exact) mass is 476 g/mol. The first-order valence-electron chi connectivity index (χ1n) is 11.1. The SMILES string of the molecule is CCCn1c(C)cc(/C=C(\C#N)C(=O)OCc2csc(CC(=O)Nc3ccc(C)cc3)n2)c1C. The Bertz CT molecular complexity index is 1250. The molecule has 0 radical (unpaired) electrons. The van der Waals surface area contributed by atoms with Crippen molar-refractivity contribution >= 4 is 35.0 Å². The third kappa shape index (κ3) is 6.42. The van der Waals surface area contributed by atoms with Gasteiger partial charge in [0.25, 0.3) is 0 Å². The number of nitriles is 1. The number of anilines is 1. The van der Waals surface area contributed by atoms with Crippen LogP contribution in [0.25, 0.3) is 6.08 Å². The molecule has 3 aromatic rings. The highest BCUT2D eigenvalue weighted by Crippen LogP contribution is 2.20. The van der Waals surface area contributed by atoms with Crippen LogP contribution in [0.1, 0.15) is 46.6 Å². The van der Waals surface area contributed by atoms with Gasteiger partial charge in [-0.1, -0.05) is 24.6 Å². The number of rotatable bonds is 9. The Labute approximate surface area is 203 Å². The lowest BCUT2D eigenvalue weighted by Gasteiger charge is -2.07. The van der Waals surface area contributed by atoms with Crippen molar-refractivity contribution in [1.82, 2.24) is 9.55 Å². The van der Waals surface area contributed by atoms with E-state index in [2.05, 4.69) is 21.8 Å². The van der Waals surface area contributed by atoms with Gasteiger partial charge in [0.15, 0.2) is 0 Å². The minimum absolute atomic E-state index is 0.0651. The zero-order valence-corrected chi connectivity index (χ0v) is 20.7. The molecule has 1 amide bonds. The Morgan fingerprint density at radius 1 is 1.24 bits per heavy atom. The van der Waals surface area contributed by atoms with Gasteiger partial charge in [-0.05, 0) is 57.0 Å². The summed E-state index contributed by atoms with van der Waals surface area (Å²) in [5, 5.41) is 14.7. The van der Waals surface area contributed by atoms with E-state index in [9.17, 15) is 14.9 Å². The third-order valence-corrected chi connectivity index (χ3v) is 6.20. The van der Waals surface area contributed by atoms with Crippen molar-refractivity contribution < 1.29 is 14.3 Å². The molecule has 0 atom stereocenters. The molecule has 1 N–H and O–H groups in total. The molecule has 0 aliphatic rings. The van der Waals surface area contributed by atoms with E-state index in [0.717, 1.165) is 41.2 Å². The van der Waals surface area contributed by atoms with E-state index in [-0.39, 0.29) is 24.5 Å². The van der Waals surface area contributed by atoms with Crippen molar-refractivity contribution in [2.75, 3.05) is 5.32 Å². The molecule has 34 heavy (non-hydrogen) atoms. The second-order valence-electron chi connectivity index (χ2n) is 8.05. The molecule has 0 saturated heterocycles. The summed E-state index contributed by atoms with van der Waals surface area (Å²) < 4.78 is 7.47. The van der Waals surface area contributed by atoms with Gasteiger partial charge in [-0.2, -0.15) is 5.26 Å². The number of amides is 1. The number of benzene rings is 1. The average Bonchev–Trinajstić information content (AvgIpc) is 3.36. The Hall–Kier alpha value is -3.70. The first-order valence-corrected chi connectivity index (χ1v) is 11.9. The van der Waals surface area contributed by atoms with Crippen LogP contribution >= 0.6 is 11.3 Å². The van der Waals surface area contributed by atoms with Gasteiger partial charge in [-0.25, -0.2) is 9.78 Å². The summed E-state index contributed by atoms with van der Waals surface area (Å²) in [4.78, 5) is 29.1. The van der Waals surface area contributed by atoms with Crippen molar-refractivity contribution in [3.8, 4) is 6.07 Å². The maximum Gasteiger partial charge on any atom is 0.349 e. The molecule has 0 fully saturated rings. The highest BCUT2D eigenvalue weighted by Gasteiger charge is 2.15. The van der Waals surface area contributed by atoms with Crippen LogP contribution in [-0.2, 0) is 33.9 Å². The standard InChI is InChI=1S/C26H28N4O3S/c1-5-10-30-18(3)11-20(19(30)4)12-21(14-27)26(32)33-15-23-16-34-25(29-23)13-24(31)28-22-8-6-17(2)7-9-22/h6-9,11-12,16H,5,10,13,15H2,1-4H3,(H,28,31)/b21-12+. The van der Waals surface area contributed by atoms with E-state index in [0.29, 0.717) is 10.7 Å². The molecule has 176 valence electrons. The highest BCUT2D eigenvalue weighted by atomic mass is 32.1. The van der Waals surface area contributed by atoms with Crippen LogP contribution < -0.4 is 5.32 Å². The van der Waals surface area contributed by atoms with Gasteiger partial charge < -0.3 is 14.6 Å². The number of esters is 1. The first-order chi connectivity index (χ1) is 16.3. The lowest BCUT2D eigenvalue weighted by molar-refractivity contribution is -0.139. The van der Waals surface area contributed by atoms with E-state index in [1.807, 2.05) is 57.2 Å². The van der Waals surface area contributed by atoms with E-state index in [1.54, 1.807) is 11.5 Å². The molecule has 2 heterocycles. The van der Waals surface area contributed by atoms with Crippen molar-refractivity contribution in [3.05, 3.63) is 74.5 Å². The van der Waals surface area contributed by atoms with Crippen LogP contribution in [0.2, 0.25) is 0 Å². The molecule has 8 heteroatoms. The normalized spacial score (nSPS) is 11.2. The third-order valence-electron chi connectivity index (χ3n) is 5.30. The molecule has 0 bridgehead atoms. The van der Waals surface area contributed by atoms with Gasteiger partial charge in [-0.15, -0.1) is 11.3 Å². The zero-order chi connectivity index (χ0) is 24.7. The predicted octanol–water partition coefficient (Wildman–Crippen LogP) is 5.11. The van der Waals surface area contributed by atoms with Gasteiger partial charge in [0, 0.05) is 29.0 Å². The summed E-state index contributed by atoms with van der Waals surface area (Å²) in [6.07, 6.45) is 2.69. The minimum atomic E-state index is -0.700. The molecule has 7 nitrogen and oxygen atoms in total. The summed E-state index contributed by atoms with van der Waals surface area (Å²) in [5.41, 5.74) is 5.24. The predicted molar refractivity (Wildman–Crippen MR) is 133 cm³/mol. The first kappa shape index (κ1) is 24.9. The fourth-order valence-electron chi connectivity index (χ4n) is 3.53. The summed E-state index contributed by atoms with van der Waals surface area (Å²) in [5.74, 6) is -0.869. The van der Waals surface area contributed by atoms with Gasteiger partial charge in [0.2, 0.25) is 5.91 Å². The number of hydrogen-bond donors (Lipinski definition) is 1. The second kappa shape index (κ2) is 11.4. The van der Waals surface area contributed by atoms with Crippen LogP contribution in [0.4, 0.5) is 5.69 Å². The lowest BCUT2D eigenvalue weighted by atomic mass is 10.1. The summed E-state index contributed by atoms with van der Waals surface area (Å²) >= 11 is 1.32. The minimum Gasteiger partial charge on any atom is -0.455 e. The van der Waals surface area contributed by atoms with E-state index < -0.39 is 5.97 Å². The molecular formula is C26H28N4O3S. The summed E-state index contributed by atoms with van der Waals surface area (Å²) in [6.45, 7) is 8.88. The van der Waals surface area contributed by atoms with Crippen LogP contribution in [0, 0.1) is 32.1 Å². The fraction of sp³-hybridized carbons (Fsp3) is 0.308. The highest BCUT2D eigenvalue weighted by molar-refractivity contribution is 7.09. The van der Waals surface area contributed by atoms with Crippen molar-refractivity contribution in [2.24, 2.45) is 0 Å². The Balaban J connectivity index is 1.58. The smallest absolute Gasteiger partial charge is 0.349 e. The Kier molecular flexibility index (Phi) is 8.39. The van der Waals surface area contributed by atoms with E-state index in [1.165, 1.54) is 11.3 Å². The molecule has 3 rings (SSSR count). The van der Waals surface area contributed by atoms with Crippen LogP contribution in [0.15, 0.2) is 41.3 Å². The number of carbonyl (C=O) groups excluding carboxylic acids is 2. The van der Waals surface area contributed by atoms with Gasteiger partial charge in [0.1, 0.15) is 23.3 Å². The Morgan fingerprint density at radius 2 is 1.97 bits per heavy atom. The molecule has 0 unspecified atom stereocenters. The summed E-state index contributed by atoms with van der Waals surface area (Å²) in [6, 6.07) is 11.5. The number of nitrogens with one attached hydrogen (secondary N) is 1. The molecule has 0 aliphatic heterocycles. The average molecular weight is 477 g/mol. The Morgan fingerprint density at radius 3 is 2.65 bits per heavy atom. The fourth-order valence-corrected chi connectivity index (χ4v) is 4.30. The van der Waals surface area contributed by atoms with Gasteiger partial charge >= 0.3 is 5.97 Å². The molecule has 2 aromatic heterocycles. The number of thiazole rings is 1. The van der Waals surface area contributed by atoms with Crippen molar-refractivity contribution in [2.45, 2.75) is 53.7 Å². The van der Waals surface area contributed by atoms with E-state index in [4.69, 9.17) is 4.74 Å². The van der Waals surface area contributed by atoms with Gasteiger partial charge in [0.05, 0.1) is 12.1 Å². The number of aromatic nitrogens is 2. The number of ether oxygens (including phenoxy) is 1. The number of aryl methyl sites for hydroxylation is 2. The molecule has 1 aromatic carbocycles. The van der Waals surface area contributed by atoms with Crippen molar-refractivity contribution in [3.63, 3.8) is 0 Å². The largest absolute Gasteiger partial charge is 0.455 e. The maximum absolute atomic E-state index is 12.5. The van der Waals surface area contributed by atoms with Crippen molar-refractivity contribution in [1.29, 1.82) is 5.26 Å². The zero-order valence-electron chi connectivity index (χ0n) is 19.8. The molecular weight excluding hydrogens is 448 g/mol. The number of carbonyl (C=O) groups is 2. The maximum atomic E-state index is 12.5. The van der Waals surface area contributed by atoms with Gasteiger partial charge in [-0.3, -0.25) is 4.79 Å². The van der Waals surface area contributed by atoms with Crippen LogP contribution in [0.3, 0.4) is 0 Å². The quantitative estimate of drug-likeness (QED) is 0.263.